The maximum atomic E-state index is 12.9. The van der Waals surface area contributed by atoms with E-state index in [-0.39, 0.29) is 17.2 Å². The van der Waals surface area contributed by atoms with Crippen molar-refractivity contribution in [3.8, 4) is 0 Å². The number of hydrogen-bond acceptors (Lipinski definition) is 2. The van der Waals surface area contributed by atoms with E-state index in [9.17, 15) is 13.2 Å². The van der Waals surface area contributed by atoms with E-state index in [0.29, 0.717) is 12.3 Å². The first-order chi connectivity index (χ1) is 9.88. The molecule has 1 unspecified atom stereocenters. The molecule has 0 radical (unpaired) electrons. The van der Waals surface area contributed by atoms with Crippen molar-refractivity contribution in [1.29, 1.82) is 0 Å². The fraction of sp³-hybridized carbons (Fsp3) is 0.625. The predicted octanol–water partition coefficient (Wildman–Crippen LogP) is 4.53. The minimum Gasteiger partial charge on any atom is -0.382 e. The number of halogens is 3. The molecular weight excluding hydrogens is 279 g/mol. The first-order valence-corrected chi connectivity index (χ1v) is 7.46. The molecule has 0 aromatic heterocycles. The van der Waals surface area contributed by atoms with Crippen LogP contribution < -0.4 is 5.32 Å². The molecule has 5 heteroatoms. The van der Waals surface area contributed by atoms with Crippen molar-refractivity contribution >= 4 is 5.69 Å². The van der Waals surface area contributed by atoms with Gasteiger partial charge in [0.1, 0.15) is 0 Å². The molecule has 1 saturated carbocycles. The van der Waals surface area contributed by atoms with Gasteiger partial charge in [0, 0.05) is 18.3 Å². The van der Waals surface area contributed by atoms with E-state index in [1.54, 1.807) is 6.07 Å². The van der Waals surface area contributed by atoms with Crippen LogP contribution in [0.3, 0.4) is 0 Å². The number of anilines is 1. The Hall–Kier alpha value is -1.23. The Balaban J connectivity index is 1.73. The summed E-state index contributed by atoms with van der Waals surface area (Å²) in [4.78, 5) is 0. The monoisotopic (exact) mass is 299 g/mol. The number of ether oxygens (including phenoxy) is 1. The maximum absolute atomic E-state index is 12.9. The summed E-state index contributed by atoms with van der Waals surface area (Å²) in [5.74, 6) is 0. The van der Waals surface area contributed by atoms with Gasteiger partial charge in [-0.25, -0.2) is 0 Å². The molecule has 0 bridgehead atoms. The number of aryl methyl sites for hydroxylation is 1. The number of benzene rings is 1. The number of alkyl halides is 3. The molecule has 1 saturated heterocycles. The lowest BCUT2D eigenvalue weighted by Crippen LogP contribution is -2.49. The molecule has 1 aliphatic carbocycles. The average Bonchev–Trinajstić information content (AvgIpc) is 2.38. The summed E-state index contributed by atoms with van der Waals surface area (Å²) in [5, 5.41) is 3.26. The van der Waals surface area contributed by atoms with Crippen molar-refractivity contribution in [3.63, 3.8) is 0 Å². The molecule has 1 atom stereocenters. The normalized spacial score (nSPS) is 24.7. The Bertz CT molecular complexity index is 523. The van der Waals surface area contributed by atoms with E-state index in [4.69, 9.17) is 4.74 Å². The summed E-state index contributed by atoms with van der Waals surface area (Å²) in [6.07, 6.45) is 0.779. The van der Waals surface area contributed by atoms with Gasteiger partial charge < -0.3 is 10.1 Å². The van der Waals surface area contributed by atoms with Gasteiger partial charge in [0.15, 0.2) is 0 Å². The van der Waals surface area contributed by atoms with Crippen LogP contribution in [0.2, 0.25) is 0 Å². The fourth-order valence-electron chi connectivity index (χ4n) is 3.32. The lowest BCUT2D eigenvalue weighted by atomic mass is 9.74. The second-order valence-electron chi connectivity index (χ2n) is 6.25. The highest BCUT2D eigenvalue weighted by Crippen LogP contribution is 2.43. The van der Waals surface area contributed by atoms with E-state index in [1.165, 1.54) is 25.5 Å². The zero-order valence-electron chi connectivity index (χ0n) is 12.1. The second-order valence-corrected chi connectivity index (χ2v) is 6.25. The third-order valence-corrected chi connectivity index (χ3v) is 4.67. The van der Waals surface area contributed by atoms with Crippen molar-refractivity contribution < 1.29 is 17.9 Å². The van der Waals surface area contributed by atoms with Crippen LogP contribution in [0.4, 0.5) is 18.9 Å². The van der Waals surface area contributed by atoms with E-state index < -0.39 is 11.7 Å². The molecule has 3 rings (SSSR count). The van der Waals surface area contributed by atoms with Gasteiger partial charge >= 0.3 is 6.18 Å². The van der Waals surface area contributed by atoms with Crippen molar-refractivity contribution in [3.05, 3.63) is 29.3 Å². The van der Waals surface area contributed by atoms with E-state index in [0.717, 1.165) is 25.7 Å². The zero-order chi connectivity index (χ0) is 15.1. The van der Waals surface area contributed by atoms with Crippen LogP contribution in [0.25, 0.3) is 0 Å². The van der Waals surface area contributed by atoms with Crippen LogP contribution in [-0.4, -0.2) is 18.2 Å². The van der Waals surface area contributed by atoms with Gasteiger partial charge in [0.05, 0.1) is 11.2 Å². The van der Waals surface area contributed by atoms with Crippen molar-refractivity contribution in [2.24, 2.45) is 0 Å². The van der Waals surface area contributed by atoms with E-state index >= 15 is 0 Å². The maximum Gasteiger partial charge on any atom is 0.416 e. The molecule has 1 N–H and O–H groups in total. The SMILES string of the molecule is Cc1ccc(NC2CCOC3(CCC3)C2)cc1C(F)(F)F. The van der Waals surface area contributed by atoms with E-state index in [2.05, 4.69) is 5.32 Å². The summed E-state index contributed by atoms with van der Waals surface area (Å²) in [5.41, 5.74) is 0.246. The van der Waals surface area contributed by atoms with Gasteiger partial charge in [-0.2, -0.15) is 13.2 Å². The molecule has 116 valence electrons. The van der Waals surface area contributed by atoms with Crippen LogP contribution in [0.5, 0.6) is 0 Å². The summed E-state index contributed by atoms with van der Waals surface area (Å²) < 4.78 is 44.7. The minimum absolute atomic E-state index is 0.00648. The smallest absolute Gasteiger partial charge is 0.382 e. The summed E-state index contributed by atoms with van der Waals surface area (Å²) in [6.45, 7) is 2.18. The largest absolute Gasteiger partial charge is 0.416 e. The Labute approximate surface area is 122 Å². The molecule has 21 heavy (non-hydrogen) atoms. The number of rotatable bonds is 2. The molecule has 1 aliphatic heterocycles. The van der Waals surface area contributed by atoms with Gasteiger partial charge in [0.2, 0.25) is 0 Å². The van der Waals surface area contributed by atoms with Gasteiger partial charge in [-0.15, -0.1) is 0 Å². The number of hydrogen-bond donors (Lipinski definition) is 1. The average molecular weight is 299 g/mol. The quantitative estimate of drug-likeness (QED) is 0.866. The minimum atomic E-state index is -4.30. The van der Waals surface area contributed by atoms with Crippen LogP contribution >= 0.6 is 0 Å². The third kappa shape index (κ3) is 3.03. The van der Waals surface area contributed by atoms with Gasteiger partial charge in [-0.3, -0.25) is 0 Å². The highest BCUT2D eigenvalue weighted by molar-refractivity contribution is 5.50. The Morgan fingerprint density at radius 2 is 2.05 bits per heavy atom. The van der Waals surface area contributed by atoms with Gasteiger partial charge in [0.25, 0.3) is 0 Å². The van der Waals surface area contributed by atoms with E-state index in [1.807, 2.05) is 0 Å². The summed E-state index contributed by atoms with van der Waals surface area (Å²) >= 11 is 0. The highest BCUT2D eigenvalue weighted by Gasteiger charge is 2.42. The van der Waals surface area contributed by atoms with Gasteiger partial charge in [-0.05, 0) is 56.7 Å². The van der Waals surface area contributed by atoms with Crippen molar-refractivity contribution in [2.75, 3.05) is 11.9 Å². The fourth-order valence-corrected chi connectivity index (χ4v) is 3.32. The molecule has 1 heterocycles. The topological polar surface area (TPSA) is 21.3 Å². The van der Waals surface area contributed by atoms with Crippen molar-refractivity contribution in [2.45, 2.75) is 56.8 Å². The molecule has 1 spiro atoms. The van der Waals surface area contributed by atoms with Crippen LogP contribution in [-0.2, 0) is 10.9 Å². The Morgan fingerprint density at radius 3 is 2.67 bits per heavy atom. The summed E-state index contributed by atoms with van der Waals surface area (Å²) in [7, 11) is 0. The summed E-state index contributed by atoms with van der Waals surface area (Å²) in [6, 6.07) is 4.68. The molecule has 2 aliphatic rings. The van der Waals surface area contributed by atoms with Crippen molar-refractivity contribution in [1.82, 2.24) is 0 Å². The first kappa shape index (κ1) is 14.7. The third-order valence-electron chi connectivity index (χ3n) is 4.67. The Kier molecular flexibility index (Phi) is 3.64. The molecule has 0 amide bonds. The molecule has 2 fully saturated rings. The van der Waals surface area contributed by atoms with Crippen LogP contribution in [0.15, 0.2) is 18.2 Å². The lowest BCUT2D eigenvalue weighted by molar-refractivity contribution is -0.138. The second kappa shape index (κ2) is 5.20. The predicted molar refractivity (Wildman–Crippen MR) is 75.4 cm³/mol. The lowest BCUT2D eigenvalue weighted by Gasteiger charge is -2.47. The molecular formula is C16H20F3NO. The first-order valence-electron chi connectivity index (χ1n) is 7.46. The highest BCUT2D eigenvalue weighted by atomic mass is 19.4. The Morgan fingerprint density at radius 1 is 1.29 bits per heavy atom. The standard InChI is InChI=1S/C16H20F3NO/c1-11-3-4-12(9-14(11)16(17,18)19)20-13-5-8-21-15(10-13)6-2-7-15/h3-4,9,13,20H,2,5-8,10H2,1H3. The zero-order valence-corrected chi connectivity index (χ0v) is 12.1. The van der Waals surface area contributed by atoms with Crippen LogP contribution in [0.1, 0.15) is 43.2 Å². The molecule has 1 aromatic carbocycles. The van der Waals surface area contributed by atoms with Gasteiger partial charge in [-0.1, -0.05) is 6.07 Å². The molecule has 1 aromatic rings. The number of nitrogens with one attached hydrogen (secondary N) is 1. The van der Waals surface area contributed by atoms with Crippen LogP contribution in [0, 0.1) is 6.92 Å². The molecule has 2 nitrogen and oxygen atoms in total.